The highest BCUT2D eigenvalue weighted by Gasteiger charge is 2.10. The van der Waals surface area contributed by atoms with Crippen LogP contribution in [0.25, 0.3) is 11.5 Å². The van der Waals surface area contributed by atoms with E-state index in [0.29, 0.717) is 41.4 Å². The molecule has 8 heteroatoms. The SMILES string of the molecule is CC(=O)NCc1ccc(-c2csc(NC(N)=NCc3ccccc3C)n2)o1. The lowest BCUT2D eigenvalue weighted by atomic mass is 10.1. The van der Waals surface area contributed by atoms with E-state index in [1.54, 1.807) is 0 Å². The number of furan rings is 1. The topological polar surface area (TPSA) is 106 Å². The maximum atomic E-state index is 11.0. The van der Waals surface area contributed by atoms with Gasteiger partial charge in [0.2, 0.25) is 5.91 Å². The molecule has 0 unspecified atom stereocenters. The van der Waals surface area contributed by atoms with E-state index in [1.165, 1.54) is 23.8 Å². The molecule has 1 amide bonds. The predicted molar refractivity (Wildman–Crippen MR) is 107 cm³/mol. The number of aliphatic imine (C=N–C) groups is 1. The lowest BCUT2D eigenvalue weighted by molar-refractivity contribution is -0.119. The van der Waals surface area contributed by atoms with E-state index >= 15 is 0 Å². The molecule has 7 nitrogen and oxygen atoms in total. The minimum atomic E-state index is -0.103. The maximum absolute atomic E-state index is 11.0. The van der Waals surface area contributed by atoms with Crippen molar-refractivity contribution in [2.75, 3.05) is 5.32 Å². The molecule has 0 saturated carbocycles. The van der Waals surface area contributed by atoms with Crippen LogP contribution in [0.15, 0.2) is 51.2 Å². The average molecular weight is 383 g/mol. The zero-order chi connectivity index (χ0) is 19.2. The number of aryl methyl sites for hydroxylation is 1. The van der Waals surface area contributed by atoms with Gasteiger partial charge < -0.3 is 20.8 Å². The van der Waals surface area contributed by atoms with Gasteiger partial charge in [-0.1, -0.05) is 24.3 Å². The maximum Gasteiger partial charge on any atom is 0.217 e. The van der Waals surface area contributed by atoms with E-state index in [-0.39, 0.29) is 5.91 Å². The Hall–Kier alpha value is -3.13. The number of nitrogens with two attached hydrogens (primary N) is 1. The summed E-state index contributed by atoms with van der Waals surface area (Å²) >= 11 is 1.41. The summed E-state index contributed by atoms with van der Waals surface area (Å²) in [6, 6.07) is 11.7. The Morgan fingerprint density at radius 3 is 2.89 bits per heavy atom. The number of nitrogens with one attached hydrogen (secondary N) is 2. The van der Waals surface area contributed by atoms with E-state index in [9.17, 15) is 4.79 Å². The average Bonchev–Trinajstić information content (AvgIpc) is 3.28. The van der Waals surface area contributed by atoms with E-state index in [2.05, 4.69) is 20.6 Å². The van der Waals surface area contributed by atoms with Gasteiger partial charge in [0.05, 0.1) is 13.1 Å². The molecule has 3 aromatic rings. The number of hydrogen-bond acceptors (Lipinski definition) is 5. The molecule has 2 heterocycles. The molecule has 3 rings (SSSR count). The van der Waals surface area contributed by atoms with Crippen LogP contribution >= 0.6 is 11.3 Å². The van der Waals surface area contributed by atoms with Crippen molar-refractivity contribution in [3.05, 3.63) is 58.7 Å². The van der Waals surface area contributed by atoms with Crippen LogP contribution in [-0.2, 0) is 17.9 Å². The van der Waals surface area contributed by atoms with Crippen molar-refractivity contribution in [1.82, 2.24) is 10.3 Å². The third-order valence-corrected chi connectivity index (χ3v) is 4.60. The Morgan fingerprint density at radius 2 is 2.11 bits per heavy atom. The molecule has 0 spiro atoms. The summed E-state index contributed by atoms with van der Waals surface area (Å²) in [7, 11) is 0. The number of carbonyl (C=O) groups excluding carboxylic acids is 1. The molecular formula is C19H21N5O2S. The van der Waals surface area contributed by atoms with Gasteiger partial charge in [0.25, 0.3) is 0 Å². The van der Waals surface area contributed by atoms with Crippen LogP contribution in [0.5, 0.6) is 0 Å². The minimum Gasteiger partial charge on any atom is -0.458 e. The highest BCUT2D eigenvalue weighted by Crippen LogP contribution is 2.26. The molecule has 0 bridgehead atoms. The molecule has 0 fully saturated rings. The largest absolute Gasteiger partial charge is 0.458 e. The quantitative estimate of drug-likeness (QED) is 0.447. The second kappa shape index (κ2) is 8.50. The molecule has 0 saturated heterocycles. The third kappa shape index (κ3) is 5.18. The number of thiazole rings is 1. The summed E-state index contributed by atoms with van der Waals surface area (Å²) in [6.07, 6.45) is 0. The Labute approximate surface area is 161 Å². The van der Waals surface area contributed by atoms with Crippen LogP contribution in [-0.4, -0.2) is 16.9 Å². The first kappa shape index (κ1) is 18.7. The summed E-state index contributed by atoms with van der Waals surface area (Å²) < 4.78 is 5.70. The summed E-state index contributed by atoms with van der Waals surface area (Å²) in [5.41, 5.74) is 8.97. The predicted octanol–water partition coefficient (Wildman–Crippen LogP) is 3.27. The lowest BCUT2D eigenvalue weighted by Gasteiger charge is -2.04. The smallest absolute Gasteiger partial charge is 0.217 e. The molecule has 0 radical (unpaired) electrons. The van der Waals surface area contributed by atoms with E-state index in [0.717, 1.165) is 5.56 Å². The highest BCUT2D eigenvalue weighted by molar-refractivity contribution is 7.14. The molecule has 0 aliphatic carbocycles. The fourth-order valence-electron chi connectivity index (χ4n) is 2.37. The van der Waals surface area contributed by atoms with Crippen LogP contribution in [0.1, 0.15) is 23.8 Å². The van der Waals surface area contributed by atoms with E-state index in [4.69, 9.17) is 10.2 Å². The van der Waals surface area contributed by atoms with Crippen LogP contribution in [0, 0.1) is 6.92 Å². The van der Waals surface area contributed by atoms with Crippen molar-refractivity contribution in [2.24, 2.45) is 10.7 Å². The molecule has 4 N–H and O–H groups in total. The van der Waals surface area contributed by atoms with Gasteiger partial charge in [-0.25, -0.2) is 9.98 Å². The van der Waals surface area contributed by atoms with Gasteiger partial charge >= 0.3 is 0 Å². The first-order valence-corrected chi connectivity index (χ1v) is 9.29. The highest BCUT2D eigenvalue weighted by atomic mass is 32.1. The fourth-order valence-corrected chi connectivity index (χ4v) is 3.08. The van der Waals surface area contributed by atoms with Crippen molar-refractivity contribution in [3.63, 3.8) is 0 Å². The summed E-state index contributed by atoms with van der Waals surface area (Å²) in [5.74, 6) is 1.51. The summed E-state index contributed by atoms with van der Waals surface area (Å²) in [6.45, 7) is 4.37. The number of hydrogen-bond donors (Lipinski definition) is 3. The second-order valence-electron chi connectivity index (χ2n) is 5.97. The number of anilines is 1. The summed E-state index contributed by atoms with van der Waals surface area (Å²) in [5, 5.41) is 8.21. The van der Waals surface area contributed by atoms with Crippen molar-refractivity contribution in [2.45, 2.75) is 26.9 Å². The van der Waals surface area contributed by atoms with Crippen molar-refractivity contribution >= 4 is 28.3 Å². The van der Waals surface area contributed by atoms with Gasteiger partial charge in [-0.15, -0.1) is 11.3 Å². The molecule has 0 atom stereocenters. The van der Waals surface area contributed by atoms with Gasteiger partial charge in [-0.05, 0) is 30.2 Å². The monoisotopic (exact) mass is 383 g/mol. The zero-order valence-corrected chi connectivity index (χ0v) is 16.0. The Bertz CT molecular complexity index is 960. The van der Waals surface area contributed by atoms with Crippen LogP contribution in [0.3, 0.4) is 0 Å². The van der Waals surface area contributed by atoms with Gasteiger partial charge in [0, 0.05) is 12.3 Å². The number of aromatic nitrogens is 1. The normalized spacial score (nSPS) is 11.4. The Morgan fingerprint density at radius 1 is 1.30 bits per heavy atom. The van der Waals surface area contributed by atoms with Crippen molar-refractivity contribution in [3.8, 4) is 11.5 Å². The van der Waals surface area contributed by atoms with Gasteiger partial charge in [0.1, 0.15) is 11.5 Å². The van der Waals surface area contributed by atoms with Crippen LogP contribution < -0.4 is 16.4 Å². The molecule has 1 aromatic carbocycles. The lowest BCUT2D eigenvalue weighted by Crippen LogP contribution is -2.22. The second-order valence-corrected chi connectivity index (χ2v) is 6.82. The van der Waals surface area contributed by atoms with E-state index in [1.807, 2.05) is 48.7 Å². The number of nitrogens with zero attached hydrogens (tertiary/aromatic N) is 2. The molecule has 0 aliphatic rings. The van der Waals surface area contributed by atoms with E-state index < -0.39 is 0 Å². The molecular weight excluding hydrogens is 362 g/mol. The number of benzene rings is 1. The number of amides is 1. The van der Waals surface area contributed by atoms with Gasteiger partial charge in [-0.3, -0.25) is 4.79 Å². The van der Waals surface area contributed by atoms with Gasteiger partial charge in [-0.2, -0.15) is 0 Å². The van der Waals surface area contributed by atoms with Crippen LogP contribution in [0.2, 0.25) is 0 Å². The standard InChI is InChI=1S/C19H21N5O2S/c1-12-5-3-4-6-14(12)9-22-18(20)24-19-23-16(11-27-19)17-8-7-15(26-17)10-21-13(2)25/h3-8,11H,9-10H2,1-2H3,(H,21,25)(H3,20,22,23,24). The van der Waals surface area contributed by atoms with Crippen molar-refractivity contribution < 1.29 is 9.21 Å². The van der Waals surface area contributed by atoms with Crippen LogP contribution in [0.4, 0.5) is 5.13 Å². The first-order chi connectivity index (χ1) is 13.0. The van der Waals surface area contributed by atoms with Crippen molar-refractivity contribution in [1.29, 1.82) is 0 Å². The Balaban J connectivity index is 1.61. The first-order valence-electron chi connectivity index (χ1n) is 8.42. The third-order valence-electron chi connectivity index (χ3n) is 3.85. The number of guanidine groups is 1. The molecule has 27 heavy (non-hydrogen) atoms. The number of carbonyl (C=O) groups is 1. The number of rotatable bonds is 6. The molecule has 2 aromatic heterocycles. The summed E-state index contributed by atoms with van der Waals surface area (Å²) in [4.78, 5) is 19.8. The minimum absolute atomic E-state index is 0.103. The molecule has 0 aliphatic heterocycles. The Kier molecular flexibility index (Phi) is 5.87. The van der Waals surface area contributed by atoms with Gasteiger partial charge in [0.15, 0.2) is 16.9 Å². The fraction of sp³-hybridized carbons (Fsp3) is 0.211. The molecule has 140 valence electrons. The zero-order valence-electron chi connectivity index (χ0n) is 15.2.